The van der Waals surface area contributed by atoms with E-state index in [4.69, 9.17) is 19.2 Å². The Kier molecular flexibility index (Phi) is 7.15. The third kappa shape index (κ3) is 5.26. The fraction of sp³-hybridized carbons (Fsp3) is 0.423. The molecule has 0 unspecified atom stereocenters. The van der Waals surface area contributed by atoms with E-state index in [1.54, 1.807) is 34.4 Å². The minimum Gasteiger partial charge on any atom is -0.493 e. The van der Waals surface area contributed by atoms with Gasteiger partial charge in [0.1, 0.15) is 0 Å². The predicted molar refractivity (Wildman–Crippen MR) is 133 cm³/mol. The molecule has 0 saturated carbocycles. The van der Waals surface area contributed by atoms with Gasteiger partial charge in [-0.15, -0.1) is 11.3 Å². The topological polar surface area (TPSA) is 81.2 Å². The summed E-state index contributed by atoms with van der Waals surface area (Å²) in [6.45, 7) is 3.51. The first-order valence-corrected chi connectivity index (χ1v) is 12.7. The standard InChI is InChI=1S/C26H29N3O5S/c1-32-22-15-18(8-9-21(22)34-17-24(30)28-11-13-33-14-12-28)26(31)29-10-4-5-19(16-29)25-27-20-6-2-3-7-23(20)35-25/h2-3,6-9,15,19H,4-5,10-14,16-17H2,1H3/t19-/m1/s1. The maximum atomic E-state index is 13.3. The number of likely N-dealkylation sites (tertiary alicyclic amines) is 1. The molecule has 2 amide bonds. The molecular formula is C26H29N3O5S. The summed E-state index contributed by atoms with van der Waals surface area (Å²) in [6.07, 6.45) is 1.96. The molecule has 35 heavy (non-hydrogen) atoms. The quantitative estimate of drug-likeness (QED) is 0.520. The van der Waals surface area contributed by atoms with Crippen LogP contribution in [0.15, 0.2) is 42.5 Å². The second-order valence-electron chi connectivity index (χ2n) is 8.76. The molecule has 0 spiro atoms. The number of nitrogens with zero attached hydrogens (tertiary/aromatic N) is 3. The third-order valence-electron chi connectivity index (χ3n) is 6.49. The second kappa shape index (κ2) is 10.6. The lowest BCUT2D eigenvalue weighted by atomic mass is 9.98. The van der Waals surface area contributed by atoms with Crippen molar-refractivity contribution in [3.63, 3.8) is 0 Å². The number of aromatic nitrogens is 1. The van der Waals surface area contributed by atoms with E-state index in [1.165, 1.54) is 11.8 Å². The number of amides is 2. The molecule has 2 saturated heterocycles. The number of fused-ring (bicyclic) bond motifs is 1. The first-order valence-electron chi connectivity index (χ1n) is 11.9. The zero-order valence-electron chi connectivity index (χ0n) is 19.8. The highest BCUT2D eigenvalue weighted by atomic mass is 32.1. The van der Waals surface area contributed by atoms with E-state index in [-0.39, 0.29) is 24.3 Å². The molecule has 0 N–H and O–H groups in total. The van der Waals surface area contributed by atoms with Crippen molar-refractivity contribution in [1.82, 2.24) is 14.8 Å². The van der Waals surface area contributed by atoms with Crippen LogP contribution in [0.25, 0.3) is 10.2 Å². The molecule has 1 atom stereocenters. The van der Waals surface area contributed by atoms with Gasteiger partial charge >= 0.3 is 0 Å². The van der Waals surface area contributed by atoms with Gasteiger partial charge in [0, 0.05) is 37.7 Å². The Morgan fingerprint density at radius 3 is 2.71 bits per heavy atom. The highest BCUT2D eigenvalue weighted by Crippen LogP contribution is 2.34. The van der Waals surface area contributed by atoms with Crippen LogP contribution in [0.4, 0.5) is 0 Å². The van der Waals surface area contributed by atoms with Crippen molar-refractivity contribution in [3.8, 4) is 11.5 Å². The third-order valence-corrected chi connectivity index (χ3v) is 7.69. The Labute approximate surface area is 208 Å². The van der Waals surface area contributed by atoms with Gasteiger partial charge in [0.25, 0.3) is 11.8 Å². The van der Waals surface area contributed by atoms with Gasteiger partial charge in [-0.1, -0.05) is 12.1 Å². The van der Waals surface area contributed by atoms with Crippen LogP contribution in [0, 0.1) is 0 Å². The zero-order valence-corrected chi connectivity index (χ0v) is 20.6. The Hall–Kier alpha value is -3.17. The molecule has 0 aliphatic carbocycles. The van der Waals surface area contributed by atoms with Gasteiger partial charge < -0.3 is 24.0 Å². The number of piperidine rings is 1. The number of carbonyl (C=O) groups is 2. The number of morpholine rings is 1. The maximum Gasteiger partial charge on any atom is 0.260 e. The molecule has 5 rings (SSSR count). The summed E-state index contributed by atoms with van der Waals surface area (Å²) in [6, 6.07) is 13.3. The molecule has 2 fully saturated rings. The van der Waals surface area contributed by atoms with E-state index < -0.39 is 0 Å². The minimum atomic E-state index is -0.0929. The average molecular weight is 496 g/mol. The number of hydrogen-bond acceptors (Lipinski definition) is 7. The summed E-state index contributed by atoms with van der Waals surface area (Å²) in [7, 11) is 1.53. The first kappa shape index (κ1) is 23.6. The van der Waals surface area contributed by atoms with Crippen molar-refractivity contribution < 1.29 is 23.8 Å². The first-order chi connectivity index (χ1) is 17.1. The van der Waals surface area contributed by atoms with Crippen molar-refractivity contribution in [2.75, 3.05) is 53.1 Å². The van der Waals surface area contributed by atoms with Gasteiger partial charge in [0.05, 0.1) is 35.5 Å². The number of thiazole rings is 1. The molecule has 3 heterocycles. The summed E-state index contributed by atoms with van der Waals surface area (Å²) >= 11 is 1.72. The highest BCUT2D eigenvalue weighted by Gasteiger charge is 2.28. The molecule has 184 valence electrons. The fourth-order valence-electron chi connectivity index (χ4n) is 4.57. The number of benzene rings is 2. The zero-order chi connectivity index (χ0) is 24.2. The van der Waals surface area contributed by atoms with Crippen LogP contribution in [0.5, 0.6) is 11.5 Å². The van der Waals surface area contributed by atoms with Gasteiger partial charge in [-0.25, -0.2) is 4.98 Å². The van der Waals surface area contributed by atoms with Crippen LogP contribution in [-0.2, 0) is 9.53 Å². The molecule has 3 aromatic rings. The molecule has 9 heteroatoms. The largest absolute Gasteiger partial charge is 0.493 e. The summed E-state index contributed by atoms with van der Waals surface area (Å²) in [5.41, 5.74) is 1.56. The Bertz CT molecular complexity index is 1170. The van der Waals surface area contributed by atoms with E-state index in [9.17, 15) is 9.59 Å². The van der Waals surface area contributed by atoms with Crippen molar-refractivity contribution in [3.05, 3.63) is 53.0 Å². The Morgan fingerprint density at radius 1 is 1.09 bits per heavy atom. The van der Waals surface area contributed by atoms with Crippen LogP contribution in [0.2, 0.25) is 0 Å². The fourth-order valence-corrected chi connectivity index (χ4v) is 5.67. The molecule has 0 bridgehead atoms. The lowest BCUT2D eigenvalue weighted by Crippen LogP contribution is -2.43. The molecule has 1 aromatic heterocycles. The average Bonchev–Trinajstić information content (AvgIpc) is 3.36. The van der Waals surface area contributed by atoms with Crippen molar-refractivity contribution in [2.45, 2.75) is 18.8 Å². The van der Waals surface area contributed by atoms with Gasteiger partial charge in [-0.3, -0.25) is 9.59 Å². The number of para-hydroxylation sites is 1. The molecular weight excluding hydrogens is 466 g/mol. The van der Waals surface area contributed by atoms with Crippen molar-refractivity contribution in [1.29, 1.82) is 0 Å². The number of rotatable bonds is 6. The van der Waals surface area contributed by atoms with E-state index in [2.05, 4.69) is 6.07 Å². The van der Waals surface area contributed by atoms with Crippen LogP contribution < -0.4 is 9.47 Å². The monoisotopic (exact) mass is 495 g/mol. The van der Waals surface area contributed by atoms with Crippen molar-refractivity contribution in [2.24, 2.45) is 0 Å². The SMILES string of the molecule is COc1cc(C(=O)N2CCC[C@@H](c3nc4ccccc4s3)C2)ccc1OCC(=O)N1CCOCC1. The summed E-state index contributed by atoms with van der Waals surface area (Å²) < 4.78 is 17.7. The molecule has 0 radical (unpaired) electrons. The minimum absolute atomic E-state index is 0.0370. The van der Waals surface area contributed by atoms with Crippen LogP contribution in [0.1, 0.15) is 34.1 Å². The molecule has 2 aliphatic rings. The smallest absolute Gasteiger partial charge is 0.260 e. The highest BCUT2D eigenvalue weighted by molar-refractivity contribution is 7.18. The number of methoxy groups -OCH3 is 1. The van der Waals surface area contributed by atoms with Gasteiger partial charge in [-0.05, 0) is 43.2 Å². The van der Waals surface area contributed by atoms with Crippen molar-refractivity contribution >= 4 is 33.4 Å². The number of hydrogen-bond donors (Lipinski definition) is 0. The van der Waals surface area contributed by atoms with Crippen LogP contribution in [0.3, 0.4) is 0 Å². The summed E-state index contributed by atoms with van der Waals surface area (Å²) in [5.74, 6) is 0.984. The second-order valence-corrected chi connectivity index (χ2v) is 9.82. The lowest BCUT2D eigenvalue weighted by molar-refractivity contribution is -0.137. The van der Waals surface area contributed by atoms with E-state index in [0.29, 0.717) is 49.9 Å². The predicted octanol–water partition coefficient (Wildman–Crippen LogP) is 3.56. The summed E-state index contributed by atoms with van der Waals surface area (Å²) in [5, 5.41) is 1.09. The number of ether oxygens (including phenoxy) is 3. The number of carbonyl (C=O) groups excluding carboxylic acids is 2. The normalized spacial score (nSPS) is 18.5. The van der Waals surface area contributed by atoms with E-state index in [1.807, 2.05) is 23.1 Å². The lowest BCUT2D eigenvalue weighted by Gasteiger charge is -2.32. The Balaban J connectivity index is 1.24. The van der Waals surface area contributed by atoms with Crippen LogP contribution >= 0.6 is 11.3 Å². The van der Waals surface area contributed by atoms with E-state index >= 15 is 0 Å². The van der Waals surface area contributed by atoms with Gasteiger partial charge in [0.2, 0.25) is 0 Å². The Morgan fingerprint density at radius 2 is 1.91 bits per heavy atom. The van der Waals surface area contributed by atoms with Gasteiger partial charge in [-0.2, -0.15) is 0 Å². The maximum absolute atomic E-state index is 13.3. The van der Waals surface area contributed by atoms with Gasteiger partial charge in [0.15, 0.2) is 18.1 Å². The molecule has 2 aromatic carbocycles. The van der Waals surface area contributed by atoms with Crippen LogP contribution in [-0.4, -0.2) is 79.7 Å². The van der Waals surface area contributed by atoms with E-state index in [0.717, 1.165) is 29.9 Å². The molecule has 8 nitrogen and oxygen atoms in total. The molecule has 2 aliphatic heterocycles. The summed E-state index contributed by atoms with van der Waals surface area (Å²) in [4.78, 5) is 34.2.